The summed E-state index contributed by atoms with van der Waals surface area (Å²) >= 11 is 0. The largest absolute Gasteiger partial charge is 0.471 e. The van der Waals surface area contributed by atoms with Gasteiger partial charge in [0.1, 0.15) is 37.1 Å². The number of hydrogen-bond acceptors (Lipinski definition) is 16. The maximum atomic E-state index is 12.6. The van der Waals surface area contributed by atoms with E-state index in [4.69, 9.17) is 42.6 Å². The maximum absolute atomic E-state index is 12.6. The molecule has 2 saturated heterocycles. The van der Waals surface area contributed by atoms with Crippen LogP contribution in [-0.2, 0) is 78.0 Å². The quantitative estimate of drug-likeness (QED) is 0.110. The van der Waals surface area contributed by atoms with Gasteiger partial charge in [0.25, 0.3) is 0 Å². The molecule has 3 rings (SSSR count). The second kappa shape index (κ2) is 21.0. The number of carbonyl (C=O) groups is 6. The molecule has 2 aliphatic heterocycles. The molecule has 0 unspecified atom stereocenters. The number of benzene rings is 1. The molecule has 2 amide bonds. The second-order valence-corrected chi connectivity index (χ2v) is 12.4. The van der Waals surface area contributed by atoms with Crippen LogP contribution in [0.2, 0.25) is 0 Å². The molecular formula is C34H45F3N2O16. The Kier molecular flexibility index (Phi) is 17.2. The van der Waals surface area contributed by atoms with E-state index in [2.05, 4.69) is 5.32 Å². The van der Waals surface area contributed by atoms with Gasteiger partial charge in [0.05, 0.1) is 19.8 Å². The topological polar surface area (TPSA) is 230 Å². The predicted octanol–water partition coefficient (Wildman–Crippen LogP) is 0.347. The van der Waals surface area contributed by atoms with Crippen molar-refractivity contribution in [3.8, 4) is 0 Å². The Balaban J connectivity index is 2.01. The highest BCUT2D eigenvalue weighted by atomic mass is 19.4. The third-order valence-electron chi connectivity index (χ3n) is 7.82. The smallest absolute Gasteiger partial charge is 0.463 e. The van der Waals surface area contributed by atoms with E-state index in [0.717, 1.165) is 40.2 Å². The Hall–Kier alpha value is -4.41. The molecule has 0 aromatic heterocycles. The van der Waals surface area contributed by atoms with E-state index in [1.165, 1.54) is 0 Å². The summed E-state index contributed by atoms with van der Waals surface area (Å²) in [7, 11) is 0. The standard InChI is InChI=1S/C34H45F3N2O16/c1-17(40)39-25-29(51-20(4)43)28(55-32-30(52-21(5)44)26(45)27(50-19(3)42)24(54-32)16-49-18(2)41)23(15-47-14-22-10-7-6-8-11-22)53-31(25)48-13-9-12-38-33(46)34(35,36)37/h6-8,10-11,23-32,45H,9,12-16H2,1-5H3,(H,38,46)(H,39,40)/t23-,24+,25-,26-,27-,28-,29-,30+,31-,32-/m0/s1. The first-order valence-electron chi connectivity index (χ1n) is 17.0. The van der Waals surface area contributed by atoms with Crippen LogP contribution >= 0.6 is 0 Å². The lowest BCUT2D eigenvalue weighted by molar-refractivity contribution is -0.350. The maximum Gasteiger partial charge on any atom is 0.471 e. The van der Waals surface area contributed by atoms with Crippen molar-refractivity contribution in [3.05, 3.63) is 35.9 Å². The minimum absolute atomic E-state index is 0.0362. The molecule has 0 saturated carbocycles. The summed E-state index contributed by atoms with van der Waals surface area (Å²) < 4.78 is 89.5. The molecule has 18 nitrogen and oxygen atoms in total. The molecule has 2 aliphatic rings. The van der Waals surface area contributed by atoms with Crippen LogP contribution < -0.4 is 10.6 Å². The van der Waals surface area contributed by atoms with Gasteiger partial charge >= 0.3 is 36.0 Å². The zero-order valence-corrected chi connectivity index (χ0v) is 30.6. The van der Waals surface area contributed by atoms with Gasteiger partial charge in [-0.25, -0.2) is 0 Å². The molecule has 308 valence electrons. The van der Waals surface area contributed by atoms with Crippen molar-refractivity contribution >= 4 is 35.7 Å². The number of rotatable bonds is 17. The zero-order chi connectivity index (χ0) is 40.9. The van der Waals surface area contributed by atoms with Gasteiger partial charge in [-0.2, -0.15) is 13.2 Å². The zero-order valence-electron chi connectivity index (χ0n) is 30.6. The molecule has 55 heavy (non-hydrogen) atoms. The molecule has 2 fully saturated rings. The number of halogens is 3. The Labute approximate surface area is 313 Å². The van der Waals surface area contributed by atoms with Crippen molar-refractivity contribution in [2.45, 2.75) is 115 Å². The minimum atomic E-state index is -5.10. The number of alkyl halides is 3. The number of ether oxygens (including phenoxy) is 9. The number of hydrogen-bond donors (Lipinski definition) is 3. The summed E-state index contributed by atoms with van der Waals surface area (Å²) in [6.07, 6.45) is -19.3. The van der Waals surface area contributed by atoms with Crippen LogP contribution in [0.1, 0.15) is 46.6 Å². The monoisotopic (exact) mass is 794 g/mol. The van der Waals surface area contributed by atoms with Crippen molar-refractivity contribution in [1.82, 2.24) is 10.6 Å². The van der Waals surface area contributed by atoms with E-state index in [-0.39, 0.29) is 26.2 Å². The summed E-state index contributed by atoms with van der Waals surface area (Å²) in [5.74, 6) is -6.23. The minimum Gasteiger partial charge on any atom is -0.463 e. The van der Waals surface area contributed by atoms with Gasteiger partial charge in [-0.15, -0.1) is 0 Å². The molecule has 1 aromatic rings. The van der Waals surface area contributed by atoms with Crippen LogP contribution in [0.5, 0.6) is 0 Å². The fraction of sp³-hybridized carbons (Fsp3) is 0.647. The van der Waals surface area contributed by atoms with E-state index >= 15 is 0 Å². The first kappa shape index (κ1) is 45.0. The number of aliphatic hydroxyl groups excluding tert-OH is 1. The SMILES string of the molecule is CC(=O)N[C@@H]1[C@@H](OCCCNC(=O)C(F)(F)F)O[C@@H](COCc2ccccc2)[C@H](O[C@@H]2O[C@H](COC(C)=O)[C@H](OC(C)=O)[C@H](O)[C@H]2OC(C)=O)[C@H]1OC(C)=O. The van der Waals surface area contributed by atoms with Crippen LogP contribution in [0.3, 0.4) is 0 Å². The normalized spacial score (nSPS) is 27.9. The average Bonchev–Trinajstić information content (AvgIpc) is 3.08. The third-order valence-corrected chi connectivity index (χ3v) is 7.82. The lowest BCUT2D eigenvalue weighted by atomic mass is 9.95. The van der Waals surface area contributed by atoms with Crippen LogP contribution in [-0.4, -0.2) is 135 Å². The summed E-state index contributed by atoms with van der Waals surface area (Å²) in [6.45, 7) is 3.72. The molecule has 10 atom stereocenters. The van der Waals surface area contributed by atoms with Gasteiger partial charge in [-0.1, -0.05) is 30.3 Å². The van der Waals surface area contributed by atoms with E-state index in [0.29, 0.717) is 0 Å². The molecule has 0 spiro atoms. The average molecular weight is 795 g/mol. The number of esters is 4. The summed E-state index contributed by atoms with van der Waals surface area (Å²) in [4.78, 5) is 72.2. The Morgan fingerprint density at radius 2 is 1.35 bits per heavy atom. The second-order valence-electron chi connectivity index (χ2n) is 12.4. The Bertz CT molecular complexity index is 1470. The molecule has 3 N–H and O–H groups in total. The predicted molar refractivity (Wildman–Crippen MR) is 175 cm³/mol. The highest BCUT2D eigenvalue weighted by Gasteiger charge is 2.55. The van der Waals surface area contributed by atoms with E-state index in [1.54, 1.807) is 35.6 Å². The molecular weight excluding hydrogens is 749 g/mol. The van der Waals surface area contributed by atoms with Crippen LogP contribution in [0.25, 0.3) is 0 Å². The third kappa shape index (κ3) is 14.3. The summed E-state index contributed by atoms with van der Waals surface area (Å²) in [6, 6.07) is 7.50. The van der Waals surface area contributed by atoms with Crippen LogP contribution in [0, 0.1) is 0 Å². The fourth-order valence-electron chi connectivity index (χ4n) is 5.65. The van der Waals surface area contributed by atoms with E-state index < -0.39 is 116 Å². The first-order chi connectivity index (χ1) is 25.9. The van der Waals surface area contributed by atoms with Crippen molar-refractivity contribution < 1.29 is 89.7 Å². The molecule has 0 bridgehead atoms. The Morgan fingerprint density at radius 3 is 1.93 bits per heavy atom. The molecule has 1 aromatic carbocycles. The van der Waals surface area contributed by atoms with Gasteiger partial charge in [-0.3, -0.25) is 28.8 Å². The summed E-state index contributed by atoms with van der Waals surface area (Å²) in [5, 5.41) is 15.6. The molecule has 21 heteroatoms. The molecule has 2 heterocycles. The number of amides is 2. The van der Waals surface area contributed by atoms with Gasteiger partial charge < -0.3 is 58.4 Å². The van der Waals surface area contributed by atoms with Crippen LogP contribution in [0.4, 0.5) is 13.2 Å². The number of aliphatic hydroxyl groups is 1. The van der Waals surface area contributed by atoms with Crippen molar-refractivity contribution in [3.63, 3.8) is 0 Å². The Morgan fingerprint density at radius 1 is 0.764 bits per heavy atom. The van der Waals surface area contributed by atoms with Gasteiger partial charge in [-0.05, 0) is 12.0 Å². The lowest BCUT2D eigenvalue weighted by Gasteiger charge is -2.49. The summed E-state index contributed by atoms with van der Waals surface area (Å²) in [5.41, 5.74) is 0.746. The highest BCUT2D eigenvalue weighted by Crippen LogP contribution is 2.34. The van der Waals surface area contributed by atoms with Crippen molar-refractivity contribution in [1.29, 1.82) is 0 Å². The van der Waals surface area contributed by atoms with Gasteiger partial charge in [0.15, 0.2) is 30.9 Å². The van der Waals surface area contributed by atoms with Gasteiger partial charge in [0.2, 0.25) is 5.91 Å². The molecule has 0 radical (unpaired) electrons. The first-order valence-corrected chi connectivity index (χ1v) is 17.0. The molecule has 0 aliphatic carbocycles. The van der Waals surface area contributed by atoms with E-state index in [9.17, 15) is 47.0 Å². The highest BCUT2D eigenvalue weighted by molar-refractivity contribution is 5.81. The number of nitrogens with one attached hydrogen (secondary N) is 2. The van der Waals surface area contributed by atoms with Crippen molar-refractivity contribution in [2.24, 2.45) is 0 Å². The van der Waals surface area contributed by atoms with Gasteiger partial charge in [0, 0.05) is 41.2 Å². The van der Waals surface area contributed by atoms with Crippen LogP contribution in [0.15, 0.2) is 30.3 Å². The van der Waals surface area contributed by atoms with E-state index in [1.807, 2.05) is 0 Å². The van der Waals surface area contributed by atoms with Crippen molar-refractivity contribution in [2.75, 3.05) is 26.4 Å². The fourth-order valence-corrected chi connectivity index (χ4v) is 5.65. The number of carbonyl (C=O) groups excluding carboxylic acids is 6. The lowest BCUT2D eigenvalue weighted by Crippen LogP contribution is -2.69.